The van der Waals surface area contributed by atoms with Crippen LogP contribution in [0.25, 0.3) is 10.9 Å². The summed E-state index contributed by atoms with van der Waals surface area (Å²) < 4.78 is 0. The summed E-state index contributed by atoms with van der Waals surface area (Å²) in [7, 11) is 0. The number of hydrogen-bond acceptors (Lipinski definition) is 2. The third-order valence-electron chi connectivity index (χ3n) is 3.76. The van der Waals surface area contributed by atoms with Crippen LogP contribution in [0.5, 0.6) is 0 Å². The fourth-order valence-electron chi connectivity index (χ4n) is 2.66. The number of aromatic nitrogens is 1. The lowest BCUT2D eigenvalue weighted by Crippen LogP contribution is -2.37. The molecule has 118 valence electrons. The Hall–Kier alpha value is -2.53. The fraction of sp³-hybridized carbons (Fsp3) is 0.167. The smallest absolute Gasteiger partial charge is 0.315 e. The van der Waals surface area contributed by atoms with Crippen molar-refractivity contribution in [1.82, 2.24) is 15.6 Å². The summed E-state index contributed by atoms with van der Waals surface area (Å²) in [5, 5.41) is 8.95. The SMILES string of the molecule is C=CCNC(=O)NCC(c1cccs1)c1c[nH]c2ccccc12. The highest BCUT2D eigenvalue weighted by Gasteiger charge is 2.19. The van der Waals surface area contributed by atoms with Crippen LogP contribution in [-0.4, -0.2) is 24.1 Å². The minimum absolute atomic E-state index is 0.126. The highest BCUT2D eigenvalue weighted by molar-refractivity contribution is 7.10. The van der Waals surface area contributed by atoms with Crippen molar-refractivity contribution < 1.29 is 4.79 Å². The summed E-state index contributed by atoms with van der Waals surface area (Å²) in [6.45, 7) is 4.61. The predicted octanol–water partition coefficient (Wildman–Crippen LogP) is 3.85. The molecule has 1 aromatic carbocycles. The summed E-state index contributed by atoms with van der Waals surface area (Å²) in [6, 6.07) is 12.2. The van der Waals surface area contributed by atoms with Crippen molar-refractivity contribution in [3.8, 4) is 0 Å². The number of urea groups is 1. The molecule has 3 aromatic rings. The van der Waals surface area contributed by atoms with Gasteiger partial charge in [-0.15, -0.1) is 17.9 Å². The van der Waals surface area contributed by atoms with Crippen LogP contribution in [0.2, 0.25) is 0 Å². The van der Waals surface area contributed by atoms with Gasteiger partial charge in [0.25, 0.3) is 0 Å². The molecule has 1 unspecified atom stereocenters. The molecule has 5 heteroatoms. The summed E-state index contributed by atoms with van der Waals surface area (Å²) in [4.78, 5) is 16.4. The van der Waals surface area contributed by atoms with Gasteiger partial charge in [0.15, 0.2) is 0 Å². The molecule has 0 aliphatic carbocycles. The van der Waals surface area contributed by atoms with E-state index < -0.39 is 0 Å². The van der Waals surface area contributed by atoms with Crippen LogP contribution in [-0.2, 0) is 0 Å². The Balaban J connectivity index is 1.85. The molecule has 2 aromatic heterocycles. The second kappa shape index (κ2) is 7.15. The zero-order valence-corrected chi connectivity index (χ0v) is 13.5. The number of para-hydroxylation sites is 1. The van der Waals surface area contributed by atoms with E-state index in [0.717, 1.165) is 5.52 Å². The number of aromatic amines is 1. The lowest BCUT2D eigenvalue weighted by Gasteiger charge is -2.16. The molecule has 2 heterocycles. The average Bonchev–Trinajstić information content (AvgIpc) is 3.24. The highest BCUT2D eigenvalue weighted by atomic mass is 32.1. The number of benzene rings is 1. The first kappa shape index (κ1) is 15.4. The van der Waals surface area contributed by atoms with Gasteiger partial charge in [0, 0.05) is 41.0 Å². The van der Waals surface area contributed by atoms with Crippen LogP contribution in [0.15, 0.2) is 60.6 Å². The molecule has 2 amide bonds. The standard InChI is InChI=1S/C18H19N3OS/c1-2-9-19-18(22)21-12-15(17-8-5-10-23-17)14-11-20-16-7-4-3-6-13(14)16/h2-8,10-11,15,20H,1,9,12H2,(H2,19,21,22). The van der Waals surface area contributed by atoms with Gasteiger partial charge in [0.2, 0.25) is 0 Å². The summed E-state index contributed by atoms with van der Waals surface area (Å²) in [6.07, 6.45) is 3.70. The van der Waals surface area contributed by atoms with Crippen molar-refractivity contribution >= 4 is 28.3 Å². The van der Waals surface area contributed by atoms with Crippen molar-refractivity contribution in [3.05, 3.63) is 71.1 Å². The van der Waals surface area contributed by atoms with E-state index >= 15 is 0 Å². The molecule has 0 saturated heterocycles. The number of carbonyl (C=O) groups is 1. The molecule has 0 aliphatic heterocycles. The second-order valence-electron chi connectivity index (χ2n) is 5.24. The number of carbonyl (C=O) groups excluding carboxylic acids is 1. The number of amides is 2. The number of nitrogens with one attached hydrogen (secondary N) is 3. The third-order valence-corrected chi connectivity index (χ3v) is 4.74. The van der Waals surface area contributed by atoms with E-state index in [2.05, 4.69) is 45.8 Å². The number of H-pyrrole nitrogens is 1. The van der Waals surface area contributed by atoms with Crippen molar-refractivity contribution in [1.29, 1.82) is 0 Å². The van der Waals surface area contributed by atoms with Crippen molar-refractivity contribution in [2.75, 3.05) is 13.1 Å². The van der Waals surface area contributed by atoms with E-state index in [9.17, 15) is 4.79 Å². The van der Waals surface area contributed by atoms with Crippen molar-refractivity contribution in [3.63, 3.8) is 0 Å². The maximum atomic E-state index is 11.8. The zero-order valence-electron chi connectivity index (χ0n) is 12.7. The Labute approximate surface area is 139 Å². The van der Waals surface area contributed by atoms with Crippen molar-refractivity contribution in [2.45, 2.75) is 5.92 Å². The van der Waals surface area contributed by atoms with Gasteiger partial charge in [-0.1, -0.05) is 30.3 Å². The van der Waals surface area contributed by atoms with Crippen molar-refractivity contribution in [2.24, 2.45) is 0 Å². The van der Waals surface area contributed by atoms with E-state index in [1.807, 2.05) is 24.4 Å². The molecule has 0 bridgehead atoms. The first-order valence-electron chi connectivity index (χ1n) is 7.51. The van der Waals surface area contributed by atoms with E-state index in [1.165, 1.54) is 15.8 Å². The molecule has 23 heavy (non-hydrogen) atoms. The van der Waals surface area contributed by atoms with Crippen LogP contribution in [0.3, 0.4) is 0 Å². The van der Waals surface area contributed by atoms with Crippen LogP contribution in [0.1, 0.15) is 16.4 Å². The molecule has 0 fully saturated rings. The topological polar surface area (TPSA) is 56.9 Å². The number of rotatable bonds is 6. The summed E-state index contributed by atoms with van der Waals surface area (Å²) in [5.74, 6) is 0.126. The minimum Gasteiger partial charge on any atom is -0.361 e. The summed E-state index contributed by atoms with van der Waals surface area (Å²) in [5.41, 5.74) is 2.31. The maximum Gasteiger partial charge on any atom is 0.315 e. The lowest BCUT2D eigenvalue weighted by atomic mass is 9.97. The summed E-state index contributed by atoms with van der Waals surface area (Å²) >= 11 is 1.71. The van der Waals surface area contributed by atoms with Gasteiger partial charge in [-0.2, -0.15) is 0 Å². The van der Waals surface area contributed by atoms with E-state index in [1.54, 1.807) is 17.4 Å². The average molecular weight is 325 g/mol. The molecule has 4 nitrogen and oxygen atoms in total. The van der Waals surface area contributed by atoms with Gasteiger partial charge in [0.05, 0.1) is 0 Å². The Morgan fingerprint density at radius 1 is 1.26 bits per heavy atom. The zero-order chi connectivity index (χ0) is 16.1. The van der Waals surface area contributed by atoms with E-state index in [4.69, 9.17) is 0 Å². The quantitative estimate of drug-likeness (QED) is 0.592. The van der Waals surface area contributed by atoms with Crippen LogP contribution in [0, 0.1) is 0 Å². The fourth-order valence-corrected chi connectivity index (χ4v) is 3.50. The largest absolute Gasteiger partial charge is 0.361 e. The van der Waals surface area contributed by atoms with Gasteiger partial charge in [0.1, 0.15) is 0 Å². The minimum atomic E-state index is -0.175. The second-order valence-corrected chi connectivity index (χ2v) is 6.22. The predicted molar refractivity (Wildman–Crippen MR) is 96.1 cm³/mol. The molecule has 1 atom stereocenters. The van der Waals surface area contributed by atoms with Gasteiger partial charge in [-0.25, -0.2) is 4.79 Å². The Morgan fingerprint density at radius 3 is 2.91 bits per heavy atom. The Kier molecular flexibility index (Phi) is 4.78. The van der Waals surface area contributed by atoms with Crippen LogP contribution < -0.4 is 10.6 Å². The highest BCUT2D eigenvalue weighted by Crippen LogP contribution is 2.32. The molecule has 3 N–H and O–H groups in total. The first-order valence-corrected chi connectivity index (χ1v) is 8.39. The maximum absolute atomic E-state index is 11.8. The van der Waals surface area contributed by atoms with Crippen LogP contribution in [0.4, 0.5) is 4.79 Å². The van der Waals surface area contributed by atoms with Gasteiger partial charge < -0.3 is 15.6 Å². The molecule has 0 aliphatic rings. The number of thiophene rings is 1. The lowest BCUT2D eigenvalue weighted by molar-refractivity contribution is 0.241. The Morgan fingerprint density at radius 2 is 2.13 bits per heavy atom. The molecule has 0 radical (unpaired) electrons. The molecule has 0 spiro atoms. The number of fused-ring (bicyclic) bond motifs is 1. The molecular formula is C18H19N3OS. The third kappa shape index (κ3) is 3.46. The van der Waals surface area contributed by atoms with E-state index in [-0.39, 0.29) is 11.9 Å². The van der Waals surface area contributed by atoms with Crippen LogP contribution >= 0.6 is 11.3 Å². The van der Waals surface area contributed by atoms with Gasteiger partial charge in [-0.3, -0.25) is 0 Å². The monoisotopic (exact) mass is 325 g/mol. The Bertz CT molecular complexity index is 792. The molecule has 0 saturated carbocycles. The molecular weight excluding hydrogens is 306 g/mol. The van der Waals surface area contributed by atoms with Gasteiger partial charge >= 0.3 is 6.03 Å². The van der Waals surface area contributed by atoms with E-state index in [0.29, 0.717) is 13.1 Å². The first-order chi connectivity index (χ1) is 11.3. The normalized spacial score (nSPS) is 12.0. The molecule has 3 rings (SSSR count). The number of hydrogen-bond donors (Lipinski definition) is 3. The van der Waals surface area contributed by atoms with Gasteiger partial charge in [-0.05, 0) is 23.1 Å².